The van der Waals surface area contributed by atoms with Crippen LogP contribution in [0, 0.1) is 0 Å². The summed E-state index contributed by atoms with van der Waals surface area (Å²) in [5.41, 5.74) is 0. The third kappa shape index (κ3) is 10.6. The van der Waals surface area contributed by atoms with Crippen LogP contribution in [-0.4, -0.2) is 43.3 Å². The van der Waals surface area contributed by atoms with Crippen molar-refractivity contribution >= 4 is 17.9 Å². The molecule has 7 nitrogen and oxygen atoms in total. The molecule has 0 aromatic carbocycles. The van der Waals surface area contributed by atoms with Crippen LogP contribution in [0.4, 0.5) is 4.79 Å². The number of amides is 3. The predicted octanol–water partition coefficient (Wildman–Crippen LogP) is 0.104. The molecule has 98 valence electrons. The van der Waals surface area contributed by atoms with Gasteiger partial charge in [0.25, 0.3) is 0 Å². The van der Waals surface area contributed by atoms with E-state index >= 15 is 0 Å². The average Bonchev–Trinajstić information content (AvgIpc) is 2.26. The highest BCUT2D eigenvalue weighted by atomic mass is 16.5. The van der Waals surface area contributed by atoms with Crippen LogP contribution in [0.5, 0.6) is 0 Å². The van der Waals surface area contributed by atoms with Gasteiger partial charge < -0.3 is 15.2 Å². The third-order valence-corrected chi connectivity index (χ3v) is 1.88. The van der Waals surface area contributed by atoms with Crippen LogP contribution in [0.15, 0.2) is 0 Å². The number of methoxy groups -OCH3 is 1. The molecule has 0 rings (SSSR count). The number of carboxylic acids is 1. The molecule has 0 aliphatic rings. The normalized spacial score (nSPS) is 9.71. The summed E-state index contributed by atoms with van der Waals surface area (Å²) in [5.74, 6) is -1.66. The molecule has 0 aromatic heterocycles. The van der Waals surface area contributed by atoms with Crippen molar-refractivity contribution in [2.24, 2.45) is 0 Å². The highest BCUT2D eigenvalue weighted by molar-refractivity contribution is 5.95. The van der Waals surface area contributed by atoms with Gasteiger partial charge in [-0.2, -0.15) is 0 Å². The molecule has 0 fully saturated rings. The van der Waals surface area contributed by atoms with Gasteiger partial charge >= 0.3 is 12.0 Å². The second-order valence-electron chi connectivity index (χ2n) is 3.40. The number of carboxylic acid groups (broad SMARTS) is 1. The highest BCUT2D eigenvalue weighted by Gasteiger charge is 2.08. The van der Waals surface area contributed by atoms with E-state index in [-0.39, 0.29) is 12.8 Å². The number of hydrogen-bond acceptors (Lipinski definition) is 4. The van der Waals surface area contributed by atoms with E-state index in [4.69, 9.17) is 9.84 Å². The van der Waals surface area contributed by atoms with Crippen molar-refractivity contribution in [1.29, 1.82) is 0 Å². The Morgan fingerprint density at radius 1 is 1.18 bits per heavy atom. The zero-order valence-corrected chi connectivity index (χ0v) is 9.82. The SMILES string of the molecule is COCCCCNC(=O)NC(=O)CCC(=O)O. The Bertz CT molecular complexity index is 267. The number of unbranched alkanes of at least 4 members (excludes halogenated alkanes) is 1. The summed E-state index contributed by atoms with van der Waals surface area (Å²) < 4.78 is 4.83. The van der Waals surface area contributed by atoms with Gasteiger partial charge in [-0.05, 0) is 12.8 Å². The van der Waals surface area contributed by atoms with Crippen LogP contribution in [0.25, 0.3) is 0 Å². The molecule has 0 saturated heterocycles. The van der Waals surface area contributed by atoms with Gasteiger partial charge in [0, 0.05) is 26.7 Å². The first kappa shape index (κ1) is 15.4. The van der Waals surface area contributed by atoms with E-state index in [9.17, 15) is 14.4 Å². The Balaban J connectivity index is 3.50. The largest absolute Gasteiger partial charge is 0.481 e. The fraction of sp³-hybridized carbons (Fsp3) is 0.700. The number of imide groups is 1. The fourth-order valence-corrected chi connectivity index (χ4v) is 1.03. The van der Waals surface area contributed by atoms with Crippen LogP contribution in [0.3, 0.4) is 0 Å². The van der Waals surface area contributed by atoms with Gasteiger partial charge in [-0.15, -0.1) is 0 Å². The minimum Gasteiger partial charge on any atom is -0.481 e. The standard InChI is InChI=1S/C10H18N2O5/c1-17-7-3-2-6-11-10(16)12-8(13)4-5-9(14)15/h2-7H2,1H3,(H,14,15)(H2,11,12,13,16). The molecule has 0 aromatic rings. The summed E-state index contributed by atoms with van der Waals surface area (Å²) in [4.78, 5) is 32.3. The van der Waals surface area contributed by atoms with Gasteiger partial charge in [0.15, 0.2) is 0 Å². The van der Waals surface area contributed by atoms with Gasteiger partial charge in [0.05, 0.1) is 6.42 Å². The van der Waals surface area contributed by atoms with Crippen molar-refractivity contribution < 1.29 is 24.2 Å². The van der Waals surface area contributed by atoms with Crippen LogP contribution in [0.1, 0.15) is 25.7 Å². The summed E-state index contributed by atoms with van der Waals surface area (Å²) in [6, 6.07) is -0.599. The van der Waals surface area contributed by atoms with Gasteiger partial charge in [-0.25, -0.2) is 4.79 Å². The molecule has 0 bridgehead atoms. The van der Waals surface area contributed by atoms with Crippen molar-refractivity contribution in [3.63, 3.8) is 0 Å². The van der Waals surface area contributed by atoms with E-state index in [1.807, 2.05) is 5.32 Å². The molecule has 0 aliphatic carbocycles. The van der Waals surface area contributed by atoms with E-state index < -0.39 is 17.9 Å². The van der Waals surface area contributed by atoms with E-state index in [0.29, 0.717) is 13.2 Å². The maximum atomic E-state index is 11.1. The highest BCUT2D eigenvalue weighted by Crippen LogP contribution is 1.89. The lowest BCUT2D eigenvalue weighted by molar-refractivity contribution is -0.138. The Morgan fingerprint density at radius 3 is 2.47 bits per heavy atom. The average molecular weight is 246 g/mol. The number of nitrogens with one attached hydrogen (secondary N) is 2. The molecule has 0 aliphatic heterocycles. The van der Waals surface area contributed by atoms with E-state index in [0.717, 1.165) is 12.8 Å². The van der Waals surface area contributed by atoms with Crippen LogP contribution >= 0.6 is 0 Å². The van der Waals surface area contributed by atoms with Crippen LogP contribution in [-0.2, 0) is 14.3 Å². The first-order valence-electron chi connectivity index (χ1n) is 5.34. The van der Waals surface area contributed by atoms with Gasteiger partial charge in [0.1, 0.15) is 0 Å². The van der Waals surface area contributed by atoms with E-state index in [2.05, 4.69) is 5.32 Å². The van der Waals surface area contributed by atoms with E-state index in [1.165, 1.54) is 0 Å². The zero-order valence-electron chi connectivity index (χ0n) is 9.82. The summed E-state index contributed by atoms with van der Waals surface area (Å²) in [7, 11) is 1.60. The summed E-state index contributed by atoms with van der Waals surface area (Å²) in [6.45, 7) is 1.07. The smallest absolute Gasteiger partial charge is 0.321 e. The lowest BCUT2D eigenvalue weighted by Crippen LogP contribution is -2.39. The molecule has 0 saturated carbocycles. The maximum absolute atomic E-state index is 11.1. The summed E-state index contributed by atoms with van der Waals surface area (Å²) >= 11 is 0. The molecular formula is C10H18N2O5. The van der Waals surface area contributed by atoms with Crippen LogP contribution in [0.2, 0.25) is 0 Å². The number of ether oxygens (including phenoxy) is 1. The maximum Gasteiger partial charge on any atom is 0.321 e. The van der Waals surface area contributed by atoms with Crippen molar-refractivity contribution in [2.75, 3.05) is 20.3 Å². The Morgan fingerprint density at radius 2 is 1.88 bits per heavy atom. The third-order valence-electron chi connectivity index (χ3n) is 1.88. The Labute approximate surface area is 99.5 Å². The first-order valence-corrected chi connectivity index (χ1v) is 5.34. The molecule has 0 spiro atoms. The molecule has 0 heterocycles. The summed E-state index contributed by atoms with van der Waals surface area (Å²) in [5, 5.41) is 12.9. The van der Waals surface area contributed by atoms with Crippen molar-refractivity contribution in [1.82, 2.24) is 10.6 Å². The van der Waals surface area contributed by atoms with Crippen molar-refractivity contribution in [3.8, 4) is 0 Å². The quantitative estimate of drug-likeness (QED) is 0.527. The van der Waals surface area contributed by atoms with Crippen LogP contribution < -0.4 is 10.6 Å². The van der Waals surface area contributed by atoms with E-state index in [1.54, 1.807) is 7.11 Å². The van der Waals surface area contributed by atoms with Crippen molar-refractivity contribution in [3.05, 3.63) is 0 Å². The molecule has 0 radical (unpaired) electrons. The molecule has 0 atom stereocenters. The molecule has 3 amide bonds. The number of carbonyl (C=O) groups excluding carboxylic acids is 2. The lowest BCUT2D eigenvalue weighted by Gasteiger charge is -2.05. The molecule has 17 heavy (non-hydrogen) atoms. The molecule has 3 N–H and O–H groups in total. The number of rotatable bonds is 8. The minimum atomic E-state index is -1.07. The van der Waals surface area contributed by atoms with Gasteiger partial charge in [-0.1, -0.05) is 0 Å². The van der Waals surface area contributed by atoms with Gasteiger partial charge in [-0.3, -0.25) is 14.9 Å². The second kappa shape index (κ2) is 9.59. The molecule has 7 heteroatoms. The Kier molecular flexibility index (Phi) is 8.67. The Hall–Kier alpha value is -1.63. The number of carbonyl (C=O) groups is 3. The summed E-state index contributed by atoms with van der Waals surface area (Å²) in [6.07, 6.45) is 1.09. The topological polar surface area (TPSA) is 105 Å². The lowest BCUT2D eigenvalue weighted by atomic mass is 10.3. The minimum absolute atomic E-state index is 0.202. The first-order chi connectivity index (χ1) is 8.06. The fourth-order valence-electron chi connectivity index (χ4n) is 1.03. The number of urea groups is 1. The molecule has 0 unspecified atom stereocenters. The zero-order chi connectivity index (χ0) is 13.1. The second-order valence-corrected chi connectivity index (χ2v) is 3.40. The van der Waals surface area contributed by atoms with Crippen molar-refractivity contribution in [2.45, 2.75) is 25.7 Å². The molecular weight excluding hydrogens is 228 g/mol. The number of hydrogen-bond donors (Lipinski definition) is 3. The number of aliphatic carboxylic acids is 1. The predicted molar refractivity (Wildman–Crippen MR) is 59.5 cm³/mol. The van der Waals surface area contributed by atoms with Gasteiger partial charge in [0.2, 0.25) is 5.91 Å². The monoisotopic (exact) mass is 246 g/mol.